The average molecular weight is 415 g/mol. The summed E-state index contributed by atoms with van der Waals surface area (Å²) in [7, 11) is -3.63. The van der Waals surface area contributed by atoms with Crippen LogP contribution in [0.25, 0.3) is 0 Å². The van der Waals surface area contributed by atoms with Crippen molar-refractivity contribution in [2.75, 3.05) is 22.4 Å². The van der Waals surface area contributed by atoms with Gasteiger partial charge in [0.05, 0.1) is 22.0 Å². The van der Waals surface area contributed by atoms with E-state index in [1.54, 1.807) is 24.3 Å². The Morgan fingerprint density at radius 1 is 1.08 bits per heavy atom. The smallest absolute Gasteiger partial charge is 0.245 e. The van der Waals surface area contributed by atoms with E-state index >= 15 is 0 Å². The van der Waals surface area contributed by atoms with Gasteiger partial charge in [-0.15, -0.1) is 0 Å². The highest BCUT2D eigenvalue weighted by Gasteiger charge is 2.21. The summed E-state index contributed by atoms with van der Waals surface area (Å²) < 4.78 is 25.3. The summed E-state index contributed by atoms with van der Waals surface area (Å²) in [5.74, 6) is -0.157. The predicted octanol–water partition coefficient (Wildman–Crippen LogP) is 4.52. The van der Waals surface area contributed by atoms with Crippen LogP contribution in [0.2, 0.25) is 10.0 Å². The van der Waals surface area contributed by atoms with Gasteiger partial charge in [0.15, 0.2) is 0 Å². The van der Waals surface area contributed by atoms with Gasteiger partial charge >= 0.3 is 0 Å². The van der Waals surface area contributed by atoms with E-state index in [1.807, 2.05) is 26.0 Å². The van der Waals surface area contributed by atoms with Crippen molar-refractivity contribution in [3.05, 3.63) is 58.1 Å². The Labute approximate surface area is 164 Å². The van der Waals surface area contributed by atoms with Gasteiger partial charge in [0.2, 0.25) is 15.9 Å². The average Bonchev–Trinajstić information content (AvgIpc) is 2.55. The molecule has 2 aromatic rings. The second-order valence-corrected chi connectivity index (χ2v) is 8.91. The van der Waals surface area contributed by atoms with Crippen LogP contribution in [-0.4, -0.2) is 27.1 Å². The largest absolute Gasteiger partial charge is 0.324 e. The number of carbonyl (C=O) groups is 1. The Bertz CT molecular complexity index is 897. The fraction of sp³-hybridized carbons (Fsp3) is 0.278. The highest BCUT2D eigenvalue weighted by Crippen LogP contribution is 2.25. The van der Waals surface area contributed by atoms with Crippen LogP contribution >= 0.6 is 23.2 Å². The zero-order valence-corrected chi connectivity index (χ0v) is 17.0. The summed E-state index contributed by atoms with van der Waals surface area (Å²) in [4.78, 5) is 12.3. The van der Waals surface area contributed by atoms with Crippen LogP contribution in [0.5, 0.6) is 0 Å². The molecular weight excluding hydrogens is 395 g/mol. The van der Waals surface area contributed by atoms with Crippen molar-refractivity contribution < 1.29 is 13.2 Å². The molecule has 0 saturated heterocycles. The monoisotopic (exact) mass is 414 g/mol. The normalized spacial score (nSPS) is 11.5. The van der Waals surface area contributed by atoms with Gasteiger partial charge in [0.25, 0.3) is 0 Å². The Kier molecular flexibility index (Phi) is 6.55. The van der Waals surface area contributed by atoms with Gasteiger partial charge in [0, 0.05) is 5.69 Å². The van der Waals surface area contributed by atoms with E-state index in [2.05, 4.69) is 5.32 Å². The summed E-state index contributed by atoms with van der Waals surface area (Å²) in [5, 5.41) is 3.29. The van der Waals surface area contributed by atoms with Gasteiger partial charge in [-0.25, -0.2) is 8.42 Å². The lowest BCUT2D eigenvalue weighted by Crippen LogP contribution is -2.37. The van der Waals surface area contributed by atoms with E-state index < -0.39 is 15.9 Å². The zero-order valence-electron chi connectivity index (χ0n) is 14.7. The number of hydrogen-bond acceptors (Lipinski definition) is 3. The molecule has 8 heteroatoms. The lowest BCUT2D eigenvalue weighted by molar-refractivity contribution is -0.114. The number of halogens is 2. The van der Waals surface area contributed by atoms with Crippen LogP contribution in [0.4, 0.5) is 11.4 Å². The van der Waals surface area contributed by atoms with Crippen molar-refractivity contribution in [2.24, 2.45) is 0 Å². The molecule has 0 bridgehead atoms. The van der Waals surface area contributed by atoms with Crippen LogP contribution in [0.15, 0.2) is 42.5 Å². The first kappa shape index (κ1) is 20.6. The molecule has 0 aliphatic heterocycles. The minimum Gasteiger partial charge on any atom is -0.324 e. The minimum atomic E-state index is -3.63. The standard InChI is InChI=1S/C18H20Cl2N2O3S/c1-12(2)13-4-7-15(8-5-13)22(26(3,24)25)11-18(23)21-14-6-9-16(19)17(20)10-14/h4-10,12H,11H2,1-3H3,(H,21,23). The molecule has 2 aromatic carbocycles. The second-order valence-electron chi connectivity index (χ2n) is 6.19. The van der Waals surface area contributed by atoms with E-state index in [9.17, 15) is 13.2 Å². The van der Waals surface area contributed by atoms with Gasteiger partial charge in [-0.1, -0.05) is 49.2 Å². The molecule has 0 aliphatic carbocycles. The molecule has 0 unspecified atom stereocenters. The van der Waals surface area contributed by atoms with Crippen molar-refractivity contribution in [3.8, 4) is 0 Å². The Balaban J connectivity index is 2.19. The topological polar surface area (TPSA) is 66.5 Å². The van der Waals surface area contributed by atoms with E-state index in [0.717, 1.165) is 16.1 Å². The summed E-state index contributed by atoms with van der Waals surface area (Å²) >= 11 is 11.8. The molecule has 0 spiro atoms. The maximum absolute atomic E-state index is 12.3. The van der Waals surface area contributed by atoms with Crippen molar-refractivity contribution in [2.45, 2.75) is 19.8 Å². The molecule has 0 aliphatic rings. The van der Waals surface area contributed by atoms with Crippen molar-refractivity contribution >= 4 is 50.5 Å². The second kappa shape index (κ2) is 8.29. The first-order valence-electron chi connectivity index (χ1n) is 7.90. The van der Waals surface area contributed by atoms with Gasteiger partial charge < -0.3 is 5.32 Å². The molecular formula is C18H20Cl2N2O3S. The van der Waals surface area contributed by atoms with Crippen LogP contribution in [-0.2, 0) is 14.8 Å². The summed E-state index contributed by atoms with van der Waals surface area (Å²) in [6, 6.07) is 11.8. The zero-order chi connectivity index (χ0) is 19.5. The predicted molar refractivity (Wildman–Crippen MR) is 108 cm³/mol. The number of carbonyl (C=O) groups excluding carboxylic acids is 1. The molecule has 0 saturated carbocycles. The summed E-state index contributed by atoms with van der Waals surface area (Å²) in [5.41, 5.74) is 1.96. The number of nitrogens with zero attached hydrogens (tertiary/aromatic N) is 1. The summed E-state index contributed by atoms with van der Waals surface area (Å²) in [6.45, 7) is 3.75. The molecule has 1 N–H and O–H groups in total. The van der Waals surface area contributed by atoms with Gasteiger partial charge in [-0.05, 0) is 41.8 Å². The van der Waals surface area contributed by atoms with Crippen LogP contribution in [0, 0.1) is 0 Å². The van der Waals surface area contributed by atoms with Crippen LogP contribution < -0.4 is 9.62 Å². The Morgan fingerprint density at radius 2 is 1.69 bits per heavy atom. The fourth-order valence-electron chi connectivity index (χ4n) is 2.33. The lowest BCUT2D eigenvalue weighted by Gasteiger charge is -2.22. The number of hydrogen-bond donors (Lipinski definition) is 1. The number of amides is 1. The molecule has 0 radical (unpaired) electrons. The third kappa shape index (κ3) is 5.37. The first-order valence-corrected chi connectivity index (χ1v) is 10.5. The van der Waals surface area contributed by atoms with E-state index in [4.69, 9.17) is 23.2 Å². The van der Waals surface area contributed by atoms with Crippen LogP contribution in [0.3, 0.4) is 0 Å². The van der Waals surface area contributed by atoms with Gasteiger partial charge in [-0.3, -0.25) is 9.10 Å². The lowest BCUT2D eigenvalue weighted by atomic mass is 10.0. The molecule has 2 rings (SSSR count). The van der Waals surface area contributed by atoms with Crippen LogP contribution in [0.1, 0.15) is 25.3 Å². The quantitative estimate of drug-likeness (QED) is 0.754. The highest BCUT2D eigenvalue weighted by molar-refractivity contribution is 7.92. The Hall–Kier alpha value is -1.76. The molecule has 0 fully saturated rings. The SMILES string of the molecule is CC(C)c1ccc(N(CC(=O)Nc2ccc(Cl)c(Cl)c2)S(C)(=O)=O)cc1. The van der Waals surface area contributed by atoms with Crippen molar-refractivity contribution in [1.82, 2.24) is 0 Å². The third-order valence-electron chi connectivity index (χ3n) is 3.74. The minimum absolute atomic E-state index is 0.300. The molecule has 0 atom stereocenters. The molecule has 26 heavy (non-hydrogen) atoms. The maximum atomic E-state index is 12.3. The molecule has 0 heterocycles. The van der Waals surface area contributed by atoms with Crippen molar-refractivity contribution in [1.29, 1.82) is 0 Å². The number of benzene rings is 2. The van der Waals surface area contributed by atoms with E-state index in [-0.39, 0.29) is 6.54 Å². The fourth-order valence-corrected chi connectivity index (χ4v) is 3.48. The number of sulfonamides is 1. The van der Waals surface area contributed by atoms with E-state index in [0.29, 0.717) is 27.3 Å². The van der Waals surface area contributed by atoms with Gasteiger partial charge in [-0.2, -0.15) is 0 Å². The van der Waals surface area contributed by atoms with Gasteiger partial charge in [0.1, 0.15) is 6.54 Å². The number of anilines is 2. The van der Waals surface area contributed by atoms with Crippen molar-refractivity contribution in [3.63, 3.8) is 0 Å². The third-order valence-corrected chi connectivity index (χ3v) is 5.62. The highest BCUT2D eigenvalue weighted by atomic mass is 35.5. The molecule has 0 aromatic heterocycles. The first-order chi connectivity index (χ1) is 12.1. The van der Waals surface area contributed by atoms with E-state index in [1.165, 1.54) is 6.07 Å². The molecule has 1 amide bonds. The Morgan fingerprint density at radius 3 is 2.19 bits per heavy atom. The molecule has 140 valence electrons. The molecule has 5 nitrogen and oxygen atoms in total. The summed E-state index contributed by atoms with van der Waals surface area (Å²) in [6.07, 6.45) is 1.07. The number of rotatable bonds is 6. The number of nitrogens with one attached hydrogen (secondary N) is 1. The maximum Gasteiger partial charge on any atom is 0.245 e.